The molecule has 0 unspecified atom stereocenters. The number of aldehydes is 1. The van der Waals surface area contributed by atoms with Gasteiger partial charge in [0.15, 0.2) is 9.84 Å². The van der Waals surface area contributed by atoms with E-state index in [1.807, 2.05) is 0 Å². The first-order valence-electron chi connectivity index (χ1n) is 5.43. The summed E-state index contributed by atoms with van der Waals surface area (Å²) in [5.41, 5.74) is 0.713. The normalized spacial score (nSPS) is 27.8. The van der Waals surface area contributed by atoms with Crippen molar-refractivity contribution in [2.24, 2.45) is 5.92 Å². The van der Waals surface area contributed by atoms with Gasteiger partial charge in [-0.25, -0.2) is 12.8 Å². The quantitative estimate of drug-likeness (QED) is 0.768. The zero-order valence-electron chi connectivity index (χ0n) is 9.34. The molecule has 1 aliphatic rings. The molecule has 1 aliphatic carbocycles. The Labute approximate surface area is 99.6 Å². The molecule has 17 heavy (non-hydrogen) atoms. The van der Waals surface area contributed by atoms with E-state index in [0.717, 1.165) is 0 Å². The highest BCUT2D eigenvalue weighted by Gasteiger charge is 2.57. The monoisotopic (exact) mass is 256 g/mol. The molecule has 1 aromatic carbocycles. The van der Waals surface area contributed by atoms with E-state index in [0.29, 0.717) is 11.8 Å². The third-order valence-corrected chi connectivity index (χ3v) is 5.48. The number of hydrogen-bond donors (Lipinski definition) is 0. The smallest absolute Gasteiger partial charge is 0.154 e. The Balaban J connectivity index is 2.29. The number of halogens is 1. The molecule has 0 saturated heterocycles. The fraction of sp³-hybridized carbons (Fsp3) is 0.417. The van der Waals surface area contributed by atoms with Crippen molar-refractivity contribution < 1.29 is 17.6 Å². The Kier molecular flexibility index (Phi) is 3.03. The van der Waals surface area contributed by atoms with Gasteiger partial charge >= 0.3 is 0 Å². The molecule has 0 N–H and O–H groups in total. The summed E-state index contributed by atoms with van der Waals surface area (Å²) in [6, 6.07) is 5.65. The van der Waals surface area contributed by atoms with Crippen molar-refractivity contribution in [2.75, 3.05) is 5.75 Å². The second kappa shape index (κ2) is 4.22. The minimum Gasteiger partial charge on any atom is -0.303 e. The van der Waals surface area contributed by atoms with Gasteiger partial charge < -0.3 is 4.79 Å². The van der Waals surface area contributed by atoms with Gasteiger partial charge in [-0.1, -0.05) is 19.1 Å². The van der Waals surface area contributed by atoms with E-state index in [9.17, 15) is 17.6 Å². The molecule has 3 nitrogen and oxygen atoms in total. The Morgan fingerprint density at radius 3 is 2.35 bits per heavy atom. The lowest BCUT2D eigenvalue weighted by atomic mass is 10.1. The summed E-state index contributed by atoms with van der Waals surface area (Å²) in [7, 11) is -3.22. The lowest BCUT2D eigenvalue weighted by Crippen LogP contribution is -2.12. The molecular formula is C12H13FO3S. The van der Waals surface area contributed by atoms with Crippen LogP contribution in [0.25, 0.3) is 0 Å². The predicted octanol–water partition coefficient (Wildman–Crippen LogP) is 1.54. The number of rotatable bonds is 4. The topological polar surface area (TPSA) is 51.2 Å². The Hall–Kier alpha value is -1.23. The van der Waals surface area contributed by atoms with Crippen LogP contribution in [0.1, 0.15) is 18.4 Å². The van der Waals surface area contributed by atoms with Gasteiger partial charge in [-0.05, 0) is 17.7 Å². The number of sulfone groups is 1. The van der Waals surface area contributed by atoms with Crippen LogP contribution in [-0.2, 0) is 14.6 Å². The maximum atomic E-state index is 12.8. The molecular weight excluding hydrogens is 243 g/mol. The highest BCUT2D eigenvalue weighted by molar-refractivity contribution is 7.92. The van der Waals surface area contributed by atoms with Crippen LogP contribution in [0, 0.1) is 11.7 Å². The van der Waals surface area contributed by atoms with Crippen molar-refractivity contribution in [1.82, 2.24) is 0 Å². The fourth-order valence-electron chi connectivity index (χ4n) is 2.22. The third-order valence-electron chi connectivity index (χ3n) is 3.24. The van der Waals surface area contributed by atoms with Crippen LogP contribution in [0.5, 0.6) is 0 Å². The SMILES string of the molecule is CCS(=O)(=O)[C@H]1[C@@H](C=O)[C@@H]1c1ccc(F)cc1. The van der Waals surface area contributed by atoms with Gasteiger partial charge in [0.05, 0.1) is 5.25 Å². The standard InChI is InChI=1S/C12H13FO3S/c1-2-17(15,16)12-10(7-14)11(12)8-3-5-9(13)6-4-8/h3-7,10-12H,2H2,1H3/t10-,11-,12-/m0/s1. The van der Waals surface area contributed by atoms with E-state index in [4.69, 9.17) is 0 Å². The maximum absolute atomic E-state index is 12.8. The zero-order valence-corrected chi connectivity index (χ0v) is 10.2. The number of benzene rings is 1. The molecule has 3 atom stereocenters. The van der Waals surface area contributed by atoms with Crippen LogP contribution < -0.4 is 0 Å². The lowest BCUT2D eigenvalue weighted by Gasteiger charge is -2.00. The van der Waals surface area contributed by atoms with Gasteiger partial charge in [-0.15, -0.1) is 0 Å². The first-order chi connectivity index (χ1) is 8.01. The van der Waals surface area contributed by atoms with Crippen molar-refractivity contribution in [3.05, 3.63) is 35.6 Å². The summed E-state index contributed by atoms with van der Waals surface area (Å²) < 4.78 is 36.3. The molecule has 0 aromatic heterocycles. The second-order valence-corrected chi connectivity index (χ2v) is 6.65. The van der Waals surface area contributed by atoms with Gasteiger partial charge in [0.25, 0.3) is 0 Å². The highest BCUT2D eigenvalue weighted by atomic mass is 32.2. The summed E-state index contributed by atoms with van der Waals surface area (Å²) in [6.07, 6.45) is 0.686. The van der Waals surface area contributed by atoms with Crippen LogP contribution in [-0.4, -0.2) is 25.7 Å². The van der Waals surface area contributed by atoms with E-state index in [1.54, 1.807) is 19.1 Å². The van der Waals surface area contributed by atoms with E-state index in [1.165, 1.54) is 12.1 Å². The van der Waals surface area contributed by atoms with Crippen LogP contribution >= 0.6 is 0 Å². The second-order valence-electron chi connectivity index (χ2n) is 4.21. The minimum absolute atomic E-state index is 0.0275. The maximum Gasteiger partial charge on any atom is 0.154 e. The molecule has 0 aliphatic heterocycles. The van der Waals surface area contributed by atoms with Crippen LogP contribution in [0.4, 0.5) is 4.39 Å². The van der Waals surface area contributed by atoms with Crippen molar-refractivity contribution in [1.29, 1.82) is 0 Å². The van der Waals surface area contributed by atoms with Crippen molar-refractivity contribution in [2.45, 2.75) is 18.1 Å². The molecule has 1 aromatic rings. The Morgan fingerprint density at radius 2 is 1.88 bits per heavy atom. The van der Waals surface area contributed by atoms with E-state index < -0.39 is 21.0 Å². The summed E-state index contributed by atoms with van der Waals surface area (Å²) in [5, 5.41) is -0.629. The van der Waals surface area contributed by atoms with Crippen LogP contribution in [0.2, 0.25) is 0 Å². The zero-order chi connectivity index (χ0) is 12.6. The molecule has 0 amide bonds. The molecule has 0 spiro atoms. The molecule has 1 saturated carbocycles. The van der Waals surface area contributed by atoms with Crippen LogP contribution in [0.15, 0.2) is 24.3 Å². The lowest BCUT2D eigenvalue weighted by molar-refractivity contribution is -0.108. The summed E-state index contributed by atoms with van der Waals surface area (Å²) in [5.74, 6) is -1.13. The number of carbonyl (C=O) groups excluding carboxylic acids is 1. The molecule has 0 heterocycles. The molecule has 2 rings (SSSR count). The summed E-state index contributed by atoms with van der Waals surface area (Å²) >= 11 is 0. The number of carbonyl (C=O) groups is 1. The molecule has 5 heteroatoms. The van der Waals surface area contributed by atoms with Crippen molar-refractivity contribution >= 4 is 16.1 Å². The highest BCUT2D eigenvalue weighted by Crippen LogP contribution is 2.51. The fourth-order valence-corrected chi connectivity index (χ4v) is 4.01. The van der Waals surface area contributed by atoms with Gasteiger partial charge in [-0.2, -0.15) is 0 Å². The summed E-state index contributed by atoms with van der Waals surface area (Å²) in [6.45, 7) is 1.57. The van der Waals surface area contributed by atoms with Crippen molar-refractivity contribution in [3.63, 3.8) is 0 Å². The average Bonchev–Trinajstić information content (AvgIpc) is 3.05. The number of hydrogen-bond acceptors (Lipinski definition) is 3. The van der Waals surface area contributed by atoms with Gasteiger partial charge in [-0.3, -0.25) is 0 Å². The first-order valence-corrected chi connectivity index (χ1v) is 7.15. The first kappa shape index (κ1) is 12.2. The minimum atomic E-state index is -3.22. The van der Waals surface area contributed by atoms with Crippen LogP contribution in [0.3, 0.4) is 0 Å². The van der Waals surface area contributed by atoms with Gasteiger partial charge in [0.2, 0.25) is 0 Å². The summed E-state index contributed by atoms with van der Waals surface area (Å²) in [4.78, 5) is 10.9. The average molecular weight is 256 g/mol. The van der Waals surface area contributed by atoms with Crippen molar-refractivity contribution in [3.8, 4) is 0 Å². The molecule has 92 valence electrons. The van der Waals surface area contributed by atoms with E-state index >= 15 is 0 Å². The van der Waals surface area contributed by atoms with E-state index in [2.05, 4.69) is 0 Å². The molecule has 0 bridgehead atoms. The third kappa shape index (κ3) is 2.11. The van der Waals surface area contributed by atoms with Gasteiger partial charge in [0.1, 0.15) is 12.1 Å². The van der Waals surface area contributed by atoms with E-state index in [-0.39, 0.29) is 17.5 Å². The predicted molar refractivity (Wildman–Crippen MR) is 61.9 cm³/mol. The Morgan fingerprint density at radius 1 is 1.29 bits per heavy atom. The molecule has 0 radical (unpaired) electrons. The molecule has 1 fully saturated rings. The largest absolute Gasteiger partial charge is 0.303 e. The van der Waals surface area contributed by atoms with Gasteiger partial charge in [0, 0.05) is 17.6 Å². The Bertz CT molecular complexity index is 521.